The molecule has 0 saturated carbocycles. The van der Waals surface area contributed by atoms with E-state index in [-0.39, 0.29) is 12.2 Å². The molecular formula is C12H10FNO2. The third kappa shape index (κ3) is 2.00. The normalized spacial score (nSPS) is 10.4. The minimum atomic E-state index is -0.342. The van der Waals surface area contributed by atoms with Gasteiger partial charge in [0.15, 0.2) is 0 Å². The quantitative estimate of drug-likeness (QED) is 0.745. The maximum atomic E-state index is 13.0. The Morgan fingerprint density at radius 1 is 1.50 bits per heavy atom. The fourth-order valence-corrected chi connectivity index (χ4v) is 1.44. The number of hydrogen-bond donors (Lipinski definition) is 0. The molecule has 0 amide bonds. The molecule has 82 valence electrons. The molecule has 0 atom stereocenters. The first kappa shape index (κ1) is 10.5. The van der Waals surface area contributed by atoms with E-state index in [0.717, 1.165) is 6.29 Å². The largest absolute Gasteiger partial charge is 0.441 e. The van der Waals surface area contributed by atoms with Crippen LogP contribution in [0.3, 0.4) is 0 Å². The van der Waals surface area contributed by atoms with Gasteiger partial charge in [0, 0.05) is 12.0 Å². The van der Waals surface area contributed by atoms with Gasteiger partial charge in [0.2, 0.25) is 5.89 Å². The molecule has 0 N–H and O–H groups in total. The van der Waals surface area contributed by atoms with Crippen LogP contribution in [0.15, 0.2) is 28.7 Å². The van der Waals surface area contributed by atoms with E-state index in [9.17, 15) is 9.18 Å². The van der Waals surface area contributed by atoms with Gasteiger partial charge in [-0.2, -0.15) is 0 Å². The maximum absolute atomic E-state index is 13.0. The van der Waals surface area contributed by atoms with E-state index in [0.29, 0.717) is 22.9 Å². The van der Waals surface area contributed by atoms with Gasteiger partial charge in [-0.25, -0.2) is 9.37 Å². The summed E-state index contributed by atoms with van der Waals surface area (Å²) >= 11 is 0. The summed E-state index contributed by atoms with van der Waals surface area (Å²) < 4.78 is 18.4. The van der Waals surface area contributed by atoms with E-state index in [1.165, 1.54) is 12.1 Å². The number of rotatable bonds is 3. The maximum Gasteiger partial charge on any atom is 0.226 e. The average molecular weight is 219 g/mol. The second-order valence-corrected chi connectivity index (χ2v) is 3.40. The highest BCUT2D eigenvalue weighted by molar-refractivity contribution is 5.57. The standard InChI is InChI=1S/C12H10FNO2/c1-8-11(5-6-15)14-12(16-8)9-3-2-4-10(13)7-9/h2-4,6-7H,5H2,1H3. The van der Waals surface area contributed by atoms with Crippen LogP contribution in [-0.2, 0) is 11.2 Å². The second-order valence-electron chi connectivity index (χ2n) is 3.40. The highest BCUT2D eigenvalue weighted by atomic mass is 19.1. The number of hydrogen-bond acceptors (Lipinski definition) is 3. The van der Waals surface area contributed by atoms with Gasteiger partial charge < -0.3 is 9.21 Å². The number of aryl methyl sites for hydroxylation is 1. The molecule has 16 heavy (non-hydrogen) atoms. The Morgan fingerprint density at radius 3 is 3.00 bits per heavy atom. The molecule has 0 spiro atoms. The van der Waals surface area contributed by atoms with Crippen molar-refractivity contribution in [1.29, 1.82) is 0 Å². The number of oxazole rings is 1. The predicted octanol–water partition coefficient (Wildman–Crippen LogP) is 2.53. The van der Waals surface area contributed by atoms with Crippen LogP contribution in [0.1, 0.15) is 11.5 Å². The predicted molar refractivity (Wildman–Crippen MR) is 56.4 cm³/mol. The first-order chi connectivity index (χ1) is 7.70. The summed E-state index contributed by atoms with van der Waals surface area (Å²) in [5, 5.41) is 0. The number of benzene rings is 1. The molecule has 0 aliphatic rings. The fraction of sp³-hybridized carbons (Fsp3) is 0.167. The molecule has 0 fully saturated rings. The van der Waals surface area contributed by atoms with E-state index in [1.54, 1.807) is 19.1 Å². The number of aldehydes is 1. The van der Waals surface area contributed by atoms with Crippen LogP contribution in [0.2, 0.25) is 0 Å². The first-order valence-electron chi connectivity index (χ1n) is 4.86. The summed E-state index contributed by atoms with van der Waals surface area (Å²) in [4.78, 5) is 14.5. The minimum absolute atomic E-state index is 0.213. The third-order valence-corrected chi connectivity index (χ3v) is 2.24. The minimum Gasteiger partial charge on any atom is -0.441 e. The lowest BCUT2D eigenvalue weighted by molar-refractivity contribution is -0.107. The van der Waals surface area contributed by atoms with Crippen LogP contribution in [0, 0.1) is 12.7 Å². The molecule has 3 nitrogen and oxygen atoms in total. The van der Waals surface area contributed by atoms with Gasteiger partial charge in [0.1, 0.15) is 17.9 Å². The smallest absolute Gasteiger partial charge is 0.226 e. The van der Waals surface area contributed by atoms with Gasteiger partial charge in [-0.3, -0.25) is 0 Å². The molecular weight excluding hydrogens is 209 g/mol. The summed E-state index contributed by atoms with van der Waals surface area (Å²) in [5.74, 6) is 0.588. The summed E-state index contributed by atoms with van der Waals surface area (Å²) in [6.45, 7) is 1.73. The zero-order valence-electron chi connectivity index (χ0n) is 8.74. The first-order valence-corrected chi connectivity index (χ1v) is 4.86. The Morgan fingerprint density at radius 2 is 2.31 bits per heavy atom. The zero-order valence-corrected chi connectivity index (χ0v) is 8.74. The number of carbonyl (C=O) groups is 1. The lowest BCUT2D eigenvalue weighted by Crippen LogP contribution is -1.88. The van der Waals surface area contributed by atoms with E-state index >= 15 is 0 Å². The molecule has 4 heteroatoms. The van der Waals surface area contributed by atoms with Crippen LogP contribution in [0.4, 0.5) is 4.39 Å². The Labute approximate surface area is 91.9 Å². The van der Waals surface area contributed by atoms with E-state index in [1.807, 2.05) is 0 Å². The molecule has 0 unspecified atom stereocenters. The van der Waals surface area contributed by atoms with E-state index < -0.39 is 0 Å². The number of carbonyl (C=O) groups excluding carboxylic acids is 1. The lowest BCUT2D eigenvalue weighted by Gasteiger charge is -1.94. The molecule has 1 aromatic heterocycles. The van der Waals surface area contributed by atoms with Gasteiger partial charge in [-0.1, -0.05) is 6.07 Å². The molecule has 1 heterocycles. The molecule has 0 saturated heterocycles. The van der Waals surface area contributed by atoms with Crippen LogP contribution in [0.25, 0.3) is 11.5 Å². The van der Waals surface area contributed by atoms with Gasteiger partial charge in [-0.05, 0) is 25.1 Å². The monoisotopic (exact) mass is 219 g/mol. The second kappa shape index (κ2) is 4.26. The van der Waals surface area contributed by atoms with Crippen LogP contribution in [-0.4, -0.2) is 11.3 Å². The molecule has 0 aliphatic carbocycles. The average Bonchev–Trinajstić information content (AvgIpc) is 2.61. The number of nitrogens with zero attached hydrogens (tertiary/aromatic N) is 1. The molecule has 2 rings (SSSR count). The third-order valence-electron chi connectivity index (χ3n) is 2.24. The van der Waals surface area contributed by atoms with Gasteiger partial charge in [-0.15, -0.1) is 0 Å². The van der Waals surface area contributed by atoms with Crippen molar-refractivity contribution in [3.63, 3.8) is 0 Å². The SMILES string of the molecule is Cc1oc(-c2cccc(F)c2)nc1CC=O. The van der Waals surface area contributed by atoms with Crippen molar-refractivity contribution >= 4 is 6.29 Å². The van der Waals surface area contributed by atoms with Gasteiger partial charge >= 0.3 is 0 Å². The van der Waals surface area contributed by atoms with Gasteiger partial charge in [0.05, 0.1) is 5.69 Å². The Hall–Kier alpha value is -1.97. The van der Waals surface area contributed by atoms with Crippen molar-refractivity contribution < 1.29 is 13.6 Å². The van der Waals surface area contributed by atoms with Crippen molar-refractivity contribution in [2.24, 2.45) is 0 Å². The van der Waals surface area contributed by atoms with E-state index in [4.69, 9.17) is 4.42 Å². The van der Waals surface area contributed by atoms with Crippen LogP contribution in [0.5, 0.6) is 0 Å². The van der Waals surface area contributed by atoms with Crippen LogP contribution >= 0.6 is 0 Å². The molecule has 2 aromatic rings. The summed E-state index contributed by atoms with van der Waals surface area (Å²) in [7, 11) is 0. The van der Waals surface area contributed by atoms with Crippen molar-refractivity contribution in [2.45, 2.75) is 13.3 Å². The fourth-order valence-electron chi connectivity index (χ4n) is 1.44. The summed E-state index contributed by atoms with van der Waals surface area (Å²) in [6.07, 6.45) is 0.977. The summed E-state index contributed by atoms with van der Waals surface area (Å²) in [6, 6.07) is 5.99. The molecule has 1 aromatic carbocycles. The number of aromatic nitrogens is 1. The van der Waals surface area contributed by atoms with Crippen molar-refractivity contribution in [1.82, 2.24) is 4.98 Å². The molecule has 0 aliphatic heterocycles. The van der Waals surface area contributed by atoms with Gasteiger partial charge in [0.25, 0.3) is 0 Å². The van der Waals surface area contributed by atoms with Crippen molar-refractivity contribution in [3.8, 4) is 11.5 Å². The topological polar surface area (TPSA) is 43.1 Å². The lowest BCUT2D eigenvalue weighted by atomic mass is 10.2. The highest BCUT2D eigenvalue weighted by Crippen LogP contribution is 2.22. The molecule has 0 radical (unpaired) electrons. The highest BCUT2D eigenvalue weighted by Gasteiger charge is 2.11. The Bertz CT molecular complexity index is 519. The molecule has 0 bridgehead atoms. The Balaban J connectivity index is 2.41. The van der Waals surface area contributed by atoms with Crippen LogP contribution < -0.4 is 0 Å². The number of halogens is 1. The van der Waals surface area contributed by atoms with Crippen molar-refractivity contribution in [3.05, 3.63) is 41.5 Å². The van der Waals surface area contributed by atoms with E-state index in [2.05, 4.69) is 4.98 Å². The van der Waals surface area contributed by atoms with Crippen molar-refractivity contribution in [2.75, 3.05) is 0 Å². The summed E-state index contributed by atoms with van der Waals surface area (Å²) in [5.41, 5.74) is 1.16. The zero-order chi connectivity index (χ0) is 11.5. The Kier molecular flexibility index (Phi) is 2.81.